The molecule has 2 fully saturated rings. The first-order chi connectivity index (χ1) is 9.00. The van der Waals surface area contributed by atoms with E-state index in [9.17, 15) is 9.59 Å². The Balaban J connectivity index is 2.03. The summed E-state index contributed by atoms with van der Waals surface area (Å²) in [6, 6.07) is -0.756. The molecule has 7 nitrogen and oxygen atoms in total. The standard InChI is InChI=1S/C12H21N3O4/c1-9-7-14(4-3-13(9)2)12(18)15-5-6-19-8-10(15)11(16)17/h9-10H,3-8H2,1-2H3,(H,16,17). The van der Waals surface area contributed by atoms with Crippen LogP contribution in [-0.2, 0) is 9.53 Å². The van der Waals surface area contributed by atoms with Crippen LogP contribution in [0.3, 0.4) is 0 Å². The minimum Gasteiger partial charge on any atom is -0.480 e. The third-order valence-corrected chi connectivity index (χ3v) is 3.89. The lowest BCUT2D eigenvalue weighted by Crippen LogP contribution is -2.60. The molecule has 2 aliphatic heterocycles. The van der Waals surface area contributed by atoms with E-state index in [1.807, 2.05) is 7.05 Å². The van der Waals surface area contributed by atoms with E-state index in [1.165, 1.54) is 4.90 Å². The summed E-state index contributed by atoms with van der Waals surface area (Å²) < 4.78 is 5.15. The van der Waals surface area contributed by atoms with Gasteiger partial charge in [-0.2, -0.15) is 0 Å². The maximum atomic E-state index is 12.4. The number of carbonyl (C=O) groups is 2. The van der Waals surface area contributed by atoms with Gasteiger partial charge in [-0.1, -0.05) is 0 Å². The highest BCUT2D eigenvalue weighted by atomic mass is 16.5. The molecule has 1 N–H and O–H groups in total. The number of urea groups is 1. The molecule has 0 aromatic carbocycles. The Morgan fingerprint density at radius 2 is 2.00 bits per heavy atom. The number of aliphatic carboxylic acids is 1. The fraction of sp³-hybridized carbons (Fsp3) is 0.833. The van der Waals surface area contributed by atoms with Crippen LogP contribution in [0, 0.1) is 0 Å². The van der Waals surface area contributed by atoms with Gasteiger partial charge in [0.25, 0.3) is 0 Å². The van der Waals surface area contributed by atoms with Crippen LogP contribution in [0.25, 0.3) is 0 Å². The first kappa shape index (κ1) is 14.1. The van der Waals surface area contributed by atoms with Gasteiger partial charge in [-0.05, 0) is 14.0 Å². The molecule has 7 heteroatoms. The Hall–Kier alpha value is -1.34. The molecule has 2 rings (SSSR count). The quantitative estimate of drug-likeness (QED) is 0.698. The van der Waals surface area contributed by atoms with E-state index in [0.717, 1.165) is 6.54 Å². The van der Waals surface area contributed by atoms with Crippen molar-refractivity contribution in [2.45, 2.75) is 19.0 Å². The largest absolute Gasteiger partial charge is 0.480 e. The summed E-state index contributed by atoms with van der Waals surface area (Å²) in [6.45, 7) is 4.98. The van der Waals surface area contributed by atoms with E-state index in [4.69, 9.17) is 9.84 Å². The Bertz CT molecular complexity index is 363. The Morgan fingerprint density at radius 1 is 1.26 bits per heavy atom. The van der Waals surface area contributed by atoms with Crippen molar-refractivity contribution in [2.75, 3.05) is 46.4 Å². The lowest BCUT2D eigenvalue weighted by molar-refractivity contribution is -0.147. The predicted octanol–water partition coefficient (Wildman–Crippen LogP) is -0.472. The van der Waals surface area contributed by atoms with E-state index in [-0.39, 0.29) is 12.6 Å². The van der Waals surface area contributed by atoms with E-state index >= 15 is 0 Å². The van der Waals surface area contributed by atoms with Crippen LogP contribution < -0.4 is 0 Å². The first-order valence-electron chi connectivity index (χ1n) is 6.57. The maximum absolute atomic E-state index is 12.4. The van der Waals surface area contributed by atoms with Gasteiger partial charge in [-0.3, -0.25) is 0 Å². The Kier molecular flexibility index (Phi) is 4.26. The molecule has 0 bridgehead atoms. The lowest BCUT2D eigenvalue weighted by Gasteiger charge is -2.42. The van der Waals surface area contributed by atoms with Crippen LogP contribution in [-0.4, -0.2) is 90.3 Å². The van der Waals surface area contributed by atoms with Crippen molar-refractivity contribution in [2.24, 2.45) is 0 Å². The molecule has 2 unspecified atom stereocenters. The second-order valence-electron chi connectivity index (χ2n) is 5.18. The van der Waals surface area contributed by atoms with Crippen LogP contribution in [0.2, 0.25) is 0 Å². The van der Waals surface area contributed by atoms with Gasteiger partial charge in [0.1, 0.15) is 0 Å². The second kappa shape index (κ2) is 5.75. The molecule has 0 aromatic heterocycles. The van der Waals surface area contributed by atoms with Crippen molar-refractivity contribution in [1.82, 2.24) is 14.7 Å². The number of carboxylic acids is 1. The molecular formula is C12H21N3O4. The van der Waals surface area contributed by atoms with Crippen LogP contribution in [0.15, 0.2) is 0 Å². The van der Waals surface area contributed by atoms with Gasteiger partial charge in [0.15, 0.2) is 6.04 Å². The van der Waals surface area contributed by atoms with E-state index in [1.54, 1.807) is 4.90 Å². The minimum absolute atomic E-state index is 0.0738. The van der Waals surface area contributed by atoms with Gasteiger partial charge in [0.05, 0.1) is 13.2 Å². The van der Waals surface area contributed by atoms with Gasteiger partial charge in [0, 0.05) is 32.2 Å². The van der Waals surface area contributed by atoms with Gasteiger partial charge in [0.2, 0.25) is 0 Å². The average Bonchev–Trinajstić information content (AvgIpc) is 2.41. The van der Waals surface area contributed by atoms with Gasteiger partial charge in [-0.25, -0.2) is 9.59 Å². The molecular weight excluding hydrogens is 250 g/mol. The summed E-state index contributed by atoms with van der Waals surface area (Å²) in [5.41, 5.74) is 0. The SMILES string of the molecule is CC1CN(C(=O)N2CCOCC2C(=O)O)CCN1C. The summed E-state index contributed by atoms with van der Waals surface area (Å²) in [5, 5.41) is 9.15. The number of nitrogens with zero attached hydrogens (tertiary/aromatic N) is 3. The number of piperazine rings is 1. The van der Waals surface area contributed by atoms with E-state index in [2.05, 4.69) is 11.8 Å². The van der Waals surface area contributed by atoms with E-state index < -0.39 is 12.0 Å². The number of hydrogen-bond donors (Lipinski definition) is 1. The van der Waals surface area contributed by atoms with Gasteiger partial charge < -0.3 is 24.5 Å². The van der Waals surface area contributed by atoms with E-state index in [0.29, 0.717) is 32.3 Å². The fourth-order valence-corrected chi connectivity index (χ4v) is 2.44. The zero-order valence-electron chi connectivity index (χ0n) is 11.4. The van der Waals surface area contributed by atoms with Crippen LogP contribution in [0.1, 0.15) is 6.92 Å². The number of ether oxygens (including phenoxy) is 1. The number of rotatable bonds is 1. The normalized spacial score (nSPS) is 29.4. The number of carboxylic acid groups (broad SMARTS) is 1. The van der Waals surface area contributed by atoms with Crippen molar-refractivity contribution >= 4 is 12.0 Å². The molecule has 108 valence electrons. The molecule has 2 heterocycles. The minimum atomic E-state index is -1.00. The van der Waals surface area contributed by atoms with Crippen LogP contribution in [0.4, 0.5) is 4.79 Å². The zero-order valence-corrected chi connectivity index (χ0v) is 11.4. The summed E-state index contributed by atoms with van der Waals surface area (Å²) in [7, 11) is 2.03. The monoisotopic (exact) mass is 271 g/mol. The summed E-state index contributed by atoms with van der Waals surface area (Å²) in [6.07, 6.45) is 0. The highest BCUT2D eigenvalue weighted by Gasteiger charge is 2.36. The van der Waals surface area contributed by atoms with Gasteiger partial charge >= 0.3 is 12.0 Å². The number of likely N-dealkylation sites (N-methyl/N-ethyl adjacent to an activating group) is 1. The van der Waals surface area contributed by atoms with Crippen molar-refractivity contribution in [3.8, 4) is 0 Å². The van der Waals surface area contributed by atoms with Crippen molar-refractivity contribution in [3.05, 3.63) is 0 Å². The van der Waals surface area contributed by atoms with Crippen LogP contribution in [0.5, 0.6) is 0 Å². The third-order valence-electron chi connectivity index (χ3n) is 3.89. The topological polar surface area (TPSA) is 73.3 Å². The highest BCUT2D eigenvalue weighted by Crippen LogP contribution is 2.14. The highest BCUT2D eigenvalue weighted by molar-refractivity contribution is 5.83. The summed E-state index contributed by atoms with van der Waals surface area (Å²) >= 11 is 0. The van der Waals surface area contributed by atoms with Gasteiger partial charge in [-0.15, -0.1) is 0 Å². The fourth-order valence-electron chi connectivity index (χ4n) is 2.44. The maximum Gasteiger partial charge on any atom is 0.328 e. The zero-order chi connectivity index (χ0) is 14.0. The summed E-state index contributed by atoms with van der Waals surface area (Å²) in [4.78, 5) is 29.0. The molecule has 0 aromatic rings. The molecule has 0 radical (unpaired) electrons. The molecule has 2 saturated heterocycles. The molecule has 0 spiro atoms. The second-order valence-corrected chi connectivity index (χ2v) is 5.18. The molecule has 2 aliphatic rings. The average molecular weight is 271 g/mol. The molecule has 2 amide bonds. The molecule has 0 aliphatic carbocycles. The third kappa shape index (κ3) is 2.98. The predicted molar refractivity (Wildman–Crippen MR) is 68.0 cm³/mol. The molecule has 19 heavy (non-hydrogen) atoms. The summed E-state index contributed by atoms with van der Waals surface area (Å²) in [5.74, 6) is -1.00. The molecule has 0 saturated carbocycles. The Labute approximate surface area is 112 Å². The molecule has 2 atom stereocenters. The Morgan fingerprint density at radius 3 is 2.63 bits per heavy atom. The number of morpholine rings is 1. The number of hydrogen-bond acceptors (Lipinski definition) is 4. The smallest absolute Gasteiger partial charge is 0.328 e. The van der Waals surface area contributed by atoms with Crippen molar-refractivity contribution in [3.63, 3.8) is 0 Å². The van der Waals surface area contributed by atoms with Crippen molar-refractivity contribution < 1.29 is 19.4 Å². The first-order valence-corrected chi connectivity index (χ1v) is 6.57. The number of amides is 2. The van der Waals surface area contributed by atoms with Crippen LogP contribution >= 0.6 is 0 Å². The number of carbonyl (C=O) groups excluding carboxylic acids is 1. The van der Waals surface area contributed by atoms with Crippen molar-refractivity contribution in [1.29, 1.82) is 0 Å². The lowest BCUT2D eigenvalue weighted by atomic mass is 10.2.